The van der Waals surface area contributed by atoms with Crippen molar-refractivity contribution >= 4 is 28.9 Å². The van der Waals surface area contributed by atoms with Crippen molar-refractivity contribution in [2.24, 2.45) is 11.1 Å². The van der Waals surface area contributed by atoms with Crippen LogP contribution < -0.4 is 11.1 Å². The number of nitro groups is 1. The number of benzene rings is 1. The van der Waals surface area contributed by atoms with E-state index in [0.717, 1.165) is 25.7 Å². The number of hydrogen-bond acceptors (Lipinski definition) is 4. The Morgan fingerprint density at radius 1 is 1.48 bits per heavy atom. The minimum absolute atomic E-state index is 0.00844. The molecule has 1 fully saturated rings. The van der Waals surface area contributed by atoms with Gasteiger partial charge in [0.05, 0.1) is 10.3 Å². The second-order valence-corrected chi connectivity index (χ2v) is 5.93. The van der Waals surface area contributed by atoms with E-state index in [1.54, 1.807) is 6.92 Å². The number of nitro benzene ring substituents is 1. The molecule has 6 nitrogen and oxygen atoms in total. The van der Waals surface area contributed by atoms with Crippen molar-refractivity contribution in [1.82, 2.24) is 0 Å². The van der Waals surface area contributed by atoms with Gasteiger partial charge in [0.15, 0.2) is 0 Å². The molecule has 0 aromatic heterocycles. The van der Waals surface area contributed by atoms with Gasteiger partial charge in [-0.2, -0.15) is 0 Å². The fraction of sp³-hybridized carbons (Fsp3) is 0.500. The van der Waals surface area contributed by atoms with Gasteiger partial charge < -0.3 is 11.1 Å². The molecule has 1 aromatic carbocycles. The van der Waals surface area contributed by atoms with Crippen LogP contribution in [0, 0.1) is 22.5 Å². The number of amides is 1. The second kappa shape index (κ2) is 5.99. The van der Waals surface area contributed by atoms with Crippen LogP contribution in [0.4, 0.5) is 11.4 Å². The molecule has 21 heavy (non-hydrogen) atoms. The molecule has 1 saturated carbocycles. The summed E-state index contributed by atoms with van der Waals surface area (Å²) in [5.74, 6) is -0.129. The molecule has 1 aliphatic carbocycles. The lowest BCUT2D eigenvalue weighted by molar-refractivity contribution is -0.384. The number of nitrogens with zero attached hydrogens (tertiary/aromatic N) is 1. The summed E-state index contributed by atoms with van der Waals surface area (Å²) in [5, 5.41) is 13.7. The predicted molar refractivity (Wildman–Crippen MR) is 81.4 cm³/mol. The number of rotatable bonds is 4. The number of anilines is 1. The molecular formula is C14H18ClN3O3. The van der Waals surface area contributed by atoms with Gasteiger partial charge in [-0.15, -0.1) is 0 Å². The molecule has 0 spiro atoms. The summed E-state index contributed by atoms with van der Waals surface area (Å²) in [5.41, 5.74) is 6.18. The van der Waals surface area contributed by atoms with Gasteiger partial charge in [0, 0.05) is 18.3 Å². The molecule has 0 heterocycles. The zero-order valence-corrected chi connectivity index (χ0v) is 12.6. The van der Waals surface area contributed by atoms with Crippen LogP contribution in [0.3, 0.4) is 0 Å². The molecule has 7 heteroatoms. The van der Waals surface area contributed by atoms with E-state index in [9.17, 15) is 14.9 Å². The molecule has 1 aliphatic rings. The summed E-state index contributed by atoms with van der Waals surface area (Å²) >= 11 is 5.89. The van der Waals surface area contributed by atoms with Gasteiger partial charge in [0.2, 0.25) is 5.91 Å². The van der Waals surface area contributed by atoms with Crippen LogP contribution in [0.2, 0.25) is 5.02 Å². The fourth-order valence-electron chi connectivity index (χ4n) is 2.77. The average Bonchev–Trinajstić information content (AvgIpc) is 2.92. The van der Waals surface area contributed by atoms with Gasteiger partial charge in [-0.05, 0) is 31.4 Å². The number of nitrogens with two attached hydrogens (primary N) is 1. The van der Waals surface area contributed by atoms with Crippen LogP contribution in [0.5, 0.6) is 0 Å². The molecule has 0 aliphatic heterocycles. The topological polar surface area (TPSA) is 98.3 Å². The Balaban J connectivity index is 2.25. The standard InChI is InChI=1S/C14H18ClN3O3/c1-9-6-12(18(20)21)10(15)7-11(9)17-13(19)14(8-16)4-2-3-5-14/h6-7H,2-5,8,16H2,1H3,(H,17,19). The lowest BCUT2D eigenvalue weighted by atomic mass is 9.85. The quantitative estimate of drug-likeness (QED) is 0.659. The van der Waals surface area contributed by atoms with E-state index in [4.69, 9.17) is 17.3 Å². The van der Waals surface area contributed by atoms with Crippen molar-refractivity contribution in [3.63, 3.8) is 0 Å². The maximum absolute atomic E-state index is 12.5. The third-order valence-corrected chi connectivity index (χ3v) is 4.47. The number of carbonyl (C=O) groups excluding carboxylic acids is 1. The predicted octanol–water partition coefficient (Wildman–Crippen LogP) is 3.01. The van der Waals surface area contributed by atoms with Crippen molar-refractivity contribution in [3.8, 4) is 0 Å². The second-order valence-electron chi connectivity index (χ2n) is 5.52. The third kappa shape index (κ3) is 3.01. The third-order valence-electron chi connectivity index (χ3n) is 4.17. The SMILES string of the molecule is Cc1cc([N+](=O)[O-])c(Cl)cc1NC(=O)C1(CN)CCCC1. The first-order valence-electron chi connectivity index (χ1n) is 6.86. The van der Waals surface area contributed by atoms with Crippen LogP contribution in [0.15, 0.2) is 12.1 Å². The van der Waals surface area contributed by atoms with E-state index in [-0.39, 0.29) is 16.6 Å². The largest absolute Gasteiger partial charge is 0.329 e. The summed E-state index contributed by atoms with van der Waals surface area (Å²) in [7, 11) is 0. The van der Waals surface area contributed by atoms with Crippen molar-refractivity contribution in [2.75, 3.05) is 11.9 Å². The van der Waals surface area contributed by atoms with Gasteiger partial charge in [-0.25, -0.2) is 0 Å². The van der Waals surface area contributed by atoms with Crippen LogP contribution in [-0.4, -0.2) is 17.4 Å². The average molecular weight is 312 g/mol. The first-order valence-corrected chi connectivity index (χ1v) is 7.23. The summed E-state index contributed by atoms with van der Waals surface area (Å²) in [6.45, 7) is 2.00. The molecule has 114 valence electrons. The minimum Gasteiger partial charge on any atom is -0.329 e. The smallest absolute Gasteiger partial charge is 0.288 e. The summed E-state index contributed by atoms with van der Waals surface area (Å²) < 4.78 is 0. The maximum atomic E-state index is 12.5. The highest BCUT2D eigenvalue weighted by molar-refractivity contribution is 6.33. The molecule has 0 radical (unpaired) electrons. The van der Waals surface area contributed by atoms with Crippen molar-refractivity contribution < 1.29 is 9.72 Å². The lowest BCUT2D eigenvalue weighted by Crippen LogP contribution is -2.40. The van der Waals surface area contributed by atoms with Gasteiger partial charge in [-0.3, -0.25) is 14.9 Å². The van der Waals surface area contributed by atoms with E-state index in [2.05, 4.69) is 5.32 Å². The Hall–Kier alpha value is -1.66. The van der Waals surface area contributed by atoms with Gasteiger partial charge in [-0.1, -0.05) is 24.4 Å². The van der Waals surface area contributed by atoms with Crippen LogP contribution >= 0.6 is 11.6 Å². The van der Waals surface area contributed by atoms with Crippen LogP contribution in [0.1, 0.15) is 31.2 Å². The van der Waals surface area contributed by atoms with Crippen molar-refractivity contribution in [2.45, 2.75) is 32.6 Å². The van der Waals surface area contributed by atoms with E-state index in [1.807, 2.05) is 0 Å². The zero-order chi connectivity index (χ0) is 15.6. The number of carbonyl (C=O) groups is 1. The first kappa shape index (κ1) is 15.7. The lowest BCUT2D eigenvalue weighted by Gasteiger charge is -2.26. The Bertz CT molecular complexity index is 583. The van der Waals surface area contributed by atoms with Crippen molar-refractivity contribution in [3.05, 3.63) is 32.8 Å². The molecule has 3 N–H and O–H groups in total. The molecule has 1 aromatic rings. The fourth-order valence-corrected chi connectivity index (χ4v) is 3.00. The summed E-state index contributed by atoms with van der Waals surface area (Å²) in [4.78, 5) is 22.8. The van der Waals surface area contributed by atoms with Crippen LogP contribution in [-0.2, 0) is 4.79 Å². The van der Waals surface area contributed by atoms with Crippen LogP contribution in [0.25, 0.3) is 0 Å². The molecular weight excluding hydrogens is 294 g/mol. The zero-order valence-electron chi connectivity index (χ0n) is 11.8. The monoisotopic (exact) mass is 311 g/mol. The Labute approximate surface area is 127 Å². The van der Waals surface area contributed by atoms with Crippen molar-refractivity contribution in [1.29, 1.82) is 0 Å². The first-order chi connectivity index (χ1) is 9.89. The Kier molecular flexibility index (Phi) is 4.49. The summed E-state index contributed by atoms with van der Waals surface area (Å²) in [6, 6.07) is 2.79. The Morgan fingerprint density at radius 3 is 2.62 bits per heavy atom. The van der Waals surface area contributed by atoms with E-state index >= 15 is 0 Å². The normalized spacial score (nSPS) is 16.7. The van der Waals surface area contributed by atoms with Gasteiger partial charge in [0.25, 0.3) is 5.69 Å². The van der Waals surface area contributed by atoms with E-state index in [1.165, 1.54) is 12.1 Å². The van der Waals surface area contributed by atoms with Gasteiger partial charge >= 0.3 is 0 Å². The molecule has 1 amide bonds. The van der Waals surface area contributed by atoms with E-state index in [0.29, 0.717) is 17.8 Å². The highest BCUT2D eigenvalue weighted by Gasteiger charge is 2.40. The molecule has 0 bridgehead atoms. The Morgan fingerprint density at radius 2 is 2.10 bits per heavy atom. The number of aryl methyl sites for hydroxylation is 1. The number of nitrogens with one attached hydrogen (secondary N) is 1. The molecule has 0 saturated heterocycles. The minimum atomic E-state index is -0.542. The number of halogens is 1. The molecule has 2 rings (SSSR count). The molecule has 0 unspecified atom stereocenters. The van der Waals surface area contributed by atoms with Gasteiger partial charge in [0.1, 0.15) is 5.02 Å². The highest BCUT2D eigenvalue weighted by atomic mass is 35.5. The highest BCUT2D eigenvalue weighted by Crippen LogP contribution is 2.39. The summed E-state index contributed by atoms with van der Waals surface area (Å²) in [6.07, 6.45) is 3.53. The van der Waals surface area contributed by atoms with E-state index < -0.39 is 10.3 Å². The molecule has 0 atom stereocenters. The maximum Gasteiger partial charge on any atom is 0.288 e. The number of hydrogen-bond donors (Lipinski definition) is 2.